The summed E-state index contributed by atoms with van der Waals surface area (Å²) in [5, 5.41) is 13.8. The van der Waals surface area contributed by atoms with Gasteiger partial charge >= 0.3 is 6.61 Å². The van der Waals surface area contributed by atoms with Crippen molar-refractivity contribution in [3.8, 4) is 17.2 Å². The summed E-state index contributed by atoms with van der Waals surface area (Å²) in [7, 11) is 4.95. The maximum atomic E-state index is 12.3. The minimum absolute atomic E-state index is 0. The monoisotopic (exact) mass is 565 g/mol. The van der Waals surface area contributed by atoms with Gasteiger partial charge in [0.1, 0.15) is 17.2 Å². The summed E-state index contributed by atoms with van der Waals surface area (Å²) in [5.74, 6) is 1.88. The van der Waals surface area contributed by atoms with Crippen LogP contribution in [0.3, 0.4) is 0 Å². The molecule has 7 nitrogen and oxygen atoms in total. The highest BCUT2D eigenvalue weighted by molar-refractivity contribution is 14.0. The quantitative estimate of drug-likeness (QED) is 0.257. The van der Waals surface area contributed by atoms with Crippen molar-refractivity contribution >= 4 is 29.9 Å². The lowest BCUT2D eigenvalue weighted by atomic mass is 10.1. The Balaban J connectivity index is 0.00000512. The van der Waals surface area contributed by atoms with Gasteiger partial charge < -0.3 is 29.5 Å². The molecule has 178 valence electrons. The van der Waals surface area contributed by atoms with Crippen LogP contribution in [-0.4, -0.2) is 56.9 Å². The number of methoxy groups -OCH3 is 2. The van der Waals surface area contributed by atoms with Gasteiger partial charge in [0.25, 0.3) is 0 Å². The molecule has 0 saturated carbocycles. The van der Waals surface area contributed by atoms with E-state index in [0.29, 0.717) is 36.1 Å². The Kier molecular flexibility index (Phi) is 12.1. The smallest absolute Gasteiger partial charge is 0.387 e. The number of ether oxygens (including phenoxy) is 3. The van der Waals surface area contributed by atoms with E-state index in [1.165, 1.54) is 12.1 Å². The number of guanidine groups is 1. The average molecular weight is 565 g/mol. The molecule has 0 heterocycles. The molecule has 1 unspecified atom stereocenters. The first-order valence-electron chi connectivity index (χ1n) is 9.80. The van der Waals surface area contributed by atoms with Crippen LogP contribution in [0.2, 0.25) is 0 Å². The maximum absolute atomic E-state index is 12.3. The van der Waals surface area contributed by atoms with Crippen molar-refractivity contribution in [3.63, 3.8) is 0 Å². The van der Waals surface area contributed by atoms with Crippen LogP contribution < -0.4 is 19.5 Å². The molecular formula is C22H30F2IN3O4. The van der Waals surface area contributed by atoms with Crippen LogP contribution >= 0.6 is 24.0 Å². The van der Waals surface area contributed by atoms with E-state index in [9.17, 15) is 13.9 Å². The second-order valence-corrected chi connectivity index (χ2v) is 6.73. The Morgan fingerprint density at radius 3 is 2.16 bits per heavy atom. The molecule has 0 aliphatic heterocycles. The zero-order valence-electron chi connectivity index (χ0n) is 18.5. The molecule has 0 saturated heterocycles. The highest BCUT2D eigenvalue weighted by atomic mass is 127. The third-order valence-electron chi connectivity index (χ3n) is 4.44. The highest BCUT2D eigenvalue weighted by Gasteiger charge is 2.13. The van der Waals surface area contributed by atoms with Gasteiger partial charge in [-0.25, -0.2) is 0 Å². The fraction of sp³-hybridized carbons (Fsp3) is 0.409. The number of hydrogen-bond acceptors (Lipinski definition) is 5. The normalized spacial score (nSPS) is 12.1. The Bertz CT molecular complexity index is 831. The van der Waals surface area contributed by atoms with Crippen molar-refractivity contribution in [2.45, 2.75) is 26.2 Å². The molecule has 2 rings (SSSR count). The summed E-state index contributed by atoms with van der Waals surface area (Å²) in [4.78, 5) is 6.41. The Hall–Kier alpha value is -2.34. The number of nitrogens with one attached hydrogen (secondary N) is 1. The van der Waals surface area contributed by atoms with Crippen LogP contribution in [0.1, 0.15) is 24.2 Å². The minimum Gasteiger partial charge on any atom is -0.497 e. The number of halogens is 3. The molecule has 0 bridgehead atoms. The van der Waals surface area contributed by atoms with Crippen LogP contribution in [0.15, 0.2) is 47.5 Å². The second-order valence-electron chi connectivity index (χ2n) is 6.73. The summed E-state index contributed by atoms with van der Waals surface area (Å²) < 4.78 is 39.4. The lowest BCUT2D eigenvalue weighted by Gasteiger charge is -2.23. The van der Waals surface area contributed by atoms with Crippen molar-refractivity contribution in [1.29, 1.82) is 0 Å². The van der Waals surface area contributed by atoms with Crippen molar-refractivity contribution < 1.29 is 28.1 Å². The molecule has 0 aliphatic rings. The van der Waals surface area contributed by atoms with Gasteiger partial charge in [-0.1, -0.05) is 12.1 Å². The summed E-state index contributed by atoms with van der Waals surface area (Å²) in [5.41, 5.74) is 1.53. The Morgan fingerprint density at radius 1 is 1.06 bits per heavy atom. The van der Waals surface area contributed by atoms with E-state index in [-0.39, 0.29) is 36.3 Å². The van der Waals surface area contributed by atoms with Crippen LogP contribution in [0.5, 0.6) is 17.2 Å². The van der Waals surface area contributed by atoms with E-state index in [4.69, 9.17) is 9.47 Å². The van der Waals surface area contributed by atoms with Crippen LogP contribution in [0.25, 0.3) is 0 Å². The number of alkyl halides is 2. The molecular weight excluding hydrogens is 535 g/mol. The molecule has 0 fully saturated rings. The molecule has 2 aromatic rings. The van der Waals surface area contributed by atoms with Gasteiger partial charge in [0.05, 0.1) is 26.9 Å². The molecule has 2 N–H and O–H groups in total. The average Bonchev–Trinajstić information content (AvgIpc) is 2.76. The van der Waals surface area contributed by atoms with Gasteiger partial charge in [-0.3, -0.25) is 4.99 Å². The van der Waals surface area contributed by atoms with Gasteiger partial charge in [-0.2, -0.15) is 8.78 Å². The van der Waals surface area contributed by atoms with E-state index in [0.717, 1.165) is 5.56 Å². The lowest BCUT2D eigenvalue weighted by Crippen LogP contribution is -2.38. The number of benzene rings is 2. The fourth-order valence-corrected chi connectivity index (χ4v) is 2.89. The van der Waals surface area contributed by atoms with Crippen molar-refractivity contribution in [2.24, 2.45) is 4.99 Å². The molecule has 2 aromatic carbocycles. The Labute approximate surface area is 204 Å². The van der Waals surface area contributed by atoms with E-state index in [1.807, 2.05) is 18.9 Å². The Morgan fingerprint density at radius 2 is 1.66 bits per heavy atom. The number of aliphatic hydroxyl groups is 1. The molecule has 1 atom stereocenters. The third kappa shape index (κ3) is 8.65. The zero-order chi connectivity index (χ0) is 22.8. The molecule has 10 heteroatoms. The molecule has 0 spiro atoms. The largest absolute Gasteiger partial charge is 0.497 e. The van der Waals surface area contributed by atoms with E-state index in [2.05, 4.69) is 15.0 Å². The SMILES string of the molecule is CCNC(=NCC(O)c1cc(OC)cc(OC)c1)N(C)Cc1ccc(OC(F)F)cc1.I. The standard InChI is InChI=1S/C22H29F2N3O4.HI/c1-5-25-22(27(2)14-15-6-8-17(9-7-15)31-21(23)24)26-13-20(28)16-10-18(29-3)12-19(11-16)30-4;/h6-12,20-21,28H,5,13-14H2,1-4H3,(H,25,26);1H. The van der Waals surface area contributed by atoms with Crippen molar-refractivity contribution in [2.75, 3.05) is 34.4 Å². The first kappa shape index (κ1) is 27.7. The van der Waals surface area contributed by atoms with Crippen molar-refractivity contribution in [3.05, 3.63) is 53.6 Å². The predicted molar refractivity (Wildman–Crippen MR) is 130 cm³/mol. The molecule has 0 aliphatic carbocycles. The topological polar surface area (TPSA) is 75.6 Å². The van der Waals surface area contributed by atoms with Gasteiger partial charge in [-0.15, -0.1) is 24.0 Å². The lowest BCUT2D eigenvalue weighted by molar-refractivity contribution is -0.0498. The predicted octanol–water partition coefficient (Wildman–Crippen LogP) is 4.05. The molecule has 0 amide bonds. The van der Waals surface area contributed by atoms with Crippen LogP contribution in [0.4, 0.5) is 8.78 Å². The zero-order valence-corrected chi connectivity index (χ0v) is 20.9. The summed E-state index contributed by atoms with van der Waals surface area (Å²) >= 11 is 0. The third-order valence-corrected chi connectivity index (χ3v) is 4.44. The number of aliphatic hydroxyl groups excluding tert-OH is 1. The number of nitrogens with zero attached hydrogens (tertiary/aromatic N) is 2. The van der Waals surface area contributed by atoms with Crippen molar-refractivity contribution in [1.82, 2.24) is 10.2 Å². The molecule has 0 radical (unpaired) electrons. The molecule has 0 aromatic heterocycles. The first-order valence-corrected chi connectivity index (χ1v) is 9.80. The summed E-state index contributed by atoms with van der Waals surface area (Å²) in [6, 6.07) is 11.6. The number of hydrogen-bond donors (Lipinski definition) is 2. The minimum atomic E-state index is -2.85. The number of rotatable bonds is 10. The first-order chi connectivity index (χ1) is 14.9. The molecule has 32 heavy (non-hydrogen) atoms. The second kappa shape index (κ2) is 13.9. The van der Waals surface area contributed by atoms with Gasteiger partial charge in [-0.05, 0) is 42.3 Å². The van der Waals surface area contributed by atoms with Gasteiger partial charge in [0, 0.05) is 26.2 Å². The van der Waals surface area contributed by atoms with E-state index >= 15 is 0 Å². The maximum Gasteiger partial charge on any atom is 0.387 e. The van der Waals surface area contributed by atoms with Gasteiger partial charge in [0.2, 0.25) is 0 Å². The van der Waals surface area contributed by atoms with E-state index < -0.39 is 12.7 Å². The van der Waals surface area contributed by atoms with E-state index in [1.54, 1.807) is 44.6 Å². The van der Waals surface area contributed by atoms with Crippen LogP contribution in [-0.2, 0) is 6.54 Å². The van der Waals surface area contributed by atoms with Crippen LogP contribution in [0, 0.1) is 0 Å². The highest BCUT2D eigenvalue weighted by Crippen LogP contribution is 2.26. The fourth-order valence-electron chi connectivity index (χ4n) is 2.89. The van der Waals surface area contributed by atoms with Gasteiger partial charge in [0.15, 0.2) is 5.96 Å². The number of aliphatic imine (C=N–C) groups is 1. The summed E-state index contributed by atoms with van der Waals surface area (Å²) in [6.45, 7) is 0.363. The summed E-state index contributed by atoms with van der Waals surface area (Å²) in [6.07, 6.45) is -0.850.